The van der Waals surface area contributed by atoms with E-state index >= 15 is 0 Å². The van der Waals surface area contributed by atoms with Gasteiger partial charge >= 0.3 is 0 Å². The minimum atomic E-state index is -0.185. The Balaban J connectivity index is 2.08. The van der Waals surface area contributed by atoms with E-state index in [1.807, 2.05) is 6.07 Å². The fraction of sp³-hybridized carbons (Fsp3) is 0.538. The lowest BCUT2D eigenvalue weighted by Gasteiger charge is -2.35. The maximum absolute atomic E-state index is 13.3. The predicted octanol–water partition coefficient (Wildman–Crippen LogP) is 2.90. The van der Waals surface area contributed by atoms with Crippen LogP contribution < -0.4 is 5.73 Å². The van der Waals surface area contributed by atoms with Crippen molar-refractivity contribution < 1.29 is 4.39 Å². The van der Waals surface area contributed by atoms with Gasteiger partial charge in [0.05, 0.1) is 0 Å². The van der Waals surface area contributed by atoms with Gasteiger partial charge in [0.2, 0.25) is 0 Å². The SMILES string of the molecule is NCC1CCCCN1Cc1cc(F)cc(Br)c1. The Bertz CT molecular complexity index is 363. The van der Waals surface area contributed by atoms with Crippen molar-refractivity contribution in [1.82, 2.24) is 4.90 Å². The molecule has 94 valence electrons. The van der Waals surface area contributed by atoms with E-state index in [4.69, 9.17) is 5.73 Å². The third-order valence-electron chi connectivity index (χ3n) is 3.33. The summed E-state index contributed by atoms with van der Waals surface area (Å²) < 4.78 is 14.1. The van der Waals surface area contributed by atoms with Crippen LogP contribution in [0, 0.1) is 5.82 Å². The highest BCUT2D eigenvalue weighted by Gasteiger charge is 2.21. The molecule has 0 spiro atoms. The van der Waals surface area contributed by atoms with Gasteiger partial charge < -0.3 is 5.73 Å². The predicted molar refractivity (Wildman–Crippen MR) is 71.2 cm³/mol. The van der Waals surface area contributed by atoms with Crippen LogP contribution in [0.1, 0.15) is 24.8 Å². The molecule has 2 rings (SSSR count). The number of hydrogen-bond donors (Lipinski definition) is 1. The summed E-state index contributed by atoms with van der Waals surface area (Å²) in [7, 11) is 0. The van der Waals surface area contributed by atoms with Gasteiger partial charge in [0.15, 0.2) is 0 Å². The van der Waals surface area contributed by atoms with E-state index in [0.29, 0.717) is 12.6 Å². The second-order valence-electron chi connectivity index (χ2n) is 4.63. The molecule has 0 bridgehead atoms. The maximum atomic E-state index is 13.3. The average molecular weight is 301 g/mol. The lowest BCUT2D eigenvalue weighted by molar-refractivity contribution is 0.144. The molecule has 2 nitrogen and oxygen atoms in total. The van der Waals surface area contributed by atoms with Gasteiger partial charge in [-0.15, -0.1) is 0 Å². The Labute approximate surface area is 110 Å². The van der Waals surface area contributed by atoms with E-state index in [0.717, 1.165) is 29.5 Å². The standard InChI is InChI=1S/C13H18BrFN2/c14-11-5-10(6-12(15)7-11)9-17-4-2-1-3-13(17)8-16/h5-7,13H,1-4,8-9,16H2. The Morgan fingerprint density at radius 1 is 1.35 bits per heavy atom. The monoisotopic (exact) mass is 300 g/mol. The summed E-state index contributed by atoms with van der Waals surface area (Å²) in [6.07, 6.45) is 3.63. The topological polar surface area (TPSA) is 29.3 Å². The zero-order chi connectivity index (χ0) is 12.3. The Hall–Kier alpha value is -0.450. The number of hydrogen-bond acceptors (Lipinski definition) is 2. The van der Waals surface area contributed by atoms with Gasteiger partial charge in [-0.05, 0) is 43.1 Å². The van der Waals surface area contributed by atoms with Gasteiger partial charge in [-0.3, -0.25) is 4.90 Å². The highest BCUT2D eigenvalue weighted by molar-refractivity contribution is 9.10. The summed E-state index contributed by atoms with van der Waals surface area (Å²) in [5.41, 5.74) is 6.79. The third-order valence-corrected chi connectivity index (χ3v) is 3.79. The first-order valence-electron chi connectivity index (χ1n) is 6.08. The summed E-state index contributed by atoms with van der Waals surface area (Å²) in [6.45, 7) is 2.55. The molecular weight excluding hydrogens is 283 g/mol. The fourth-order valence-corrected chi connectivity index (χ4v) is 2.98. The molecule has 1 aromatic carbocycles. The highest BCUT2D eigenvalue weighted by atomic mass is 79.9. The van der Waals surface area contributed by atoms with Crippen LogP contribution in [0.25, 0.3) is 0 Å². The fourth-order valence-electron chi connectivity index (χ4n) is 2.47. The molecule has 0 amide bonds. The molecule has 1 saturated heterocycles. The van der Waals surface area contributed by atoms with Crippen molar-refractivity contribution in [1.29, 1.82) is 0 Å². The van der Waals surface area contributed by atoms with Crippen LogP contribution in [0.5, 0.6) is 0 Å². The quantitative estimate of drug-likeness (QED) is 0.930. The molecule has 0 aliphatic carbocycles. The zero-order valence-corrected chi connectivity index (χ0v) is 11.4. The molecule has 1 fully saturated rings. The van der Waals surface area contributed by atoms with Crippen molar-refractivity contribution in [2.75, 3.05) is 13.1 Å². The van der Waals surface area contributed by atoms with Crippen molar-refractivity contribution in [3.8, 4) is 0 Å². The van der Waals surface area contributed by atoms with Crippen molar-refractivity contribution in [3.63, 3.8) is 0 Å². The molecule has 2 N–H and O–H groups in total. The molecule has 0 aromatic heterocycles. The first kappa shape index (κ1) is 13.0. The number of halogens is 2. The van der Waals surface area contributed by atoms with Crippen molar-refractivity contribution >= 4 is 15.9 Å². The van der Waals surface area contributed by atoms with Gasteiger partial charge in [-0.25, -0.2) is 4.39 Å². The van der Waals surface area contributed by atoms with Gasteiger partial charge in [0, 0.05) is 23.6 Å². The van der Waals surface area contributed by atoms with E-state index in [-0.39, 0.29) is 5.82 Å². The molecule has 17 heavy (non-hydrogen) atoms. The summed E-state index contributed by atoms with van der Waals surface area (Å²) in [5.74, 6) is -0.185. The van der Waals surface area contributed by atoms with E-state index in [2.05, 4.69) is 20.8 Å². The first-order chi connectivity index (χ1) is 8.19. The van der Waals surface area contributed by atoms with Crippen LogP contribution in [-0.2, 0) is 6.54 Å². The Kier molecular flexibility index (Phi) is 4.54. The third kappa shape index (κ3) is 3.50. The van der Waals surface area contributed by atoms with Crippen LogP contribution in [0.3, 0.4) is 0 Å². The maximum Gasteiger partial charge on any atom is 0.124 e. The molecule has 4 heteroatoms. The summed E-state index contributed by atoms with van der Waals surface area (Å²) in [5, 5.41) is 0. The number of rotatable bonds is 3. The molecule has 0 radical (unpaired) electrons. The van der Waals surface area contributed by atoms with Gasteiger partial charge in [-0.1, -0.05) is 22.4 Å². The molecule has 1 aliphatic rings. The summed E-state index contributed by atoms with van der Waals surface area (Å²) in [6, 6.07) is 5.52. The van der Waals surface area contributed by atoms with Crippen LogP contribution in [0.4, 0.5) is 4.39 Å². The van der Waals surface area contributed by atoms with Gasteiger partial charge in [0.25, 0.3) is 0 Å². The second-order valence-corrected chi connectivity index (χ2v) is 5.55. The van der Waals surface area contributed by atoms with Gasteiger partial charge in [0.1, 0.15) is 5.82 Å². The minimum Gasteiger partial charge on any atom is -0.329 e. The molecule has 1 heterocycles. The Morgan fingerprint density at radius 3 is 2.88 bits per heavy atom. The van der Waals surface area contributed by atoms with Crippen LogP contribution in [0.2, 0.25) is 0 Å². The lowest BCUT2D eigenvalue weighted by Crippen LogP contribution is -2.43. The van der Waals surface area contributed by atoms with Crippen molar-refractivity contribution in [2.24, 2.45) is 5.73 Å². The van der Waals surface area contributed by atoms with Crippen LogP contribution in [0.15, 0.2) is 22.7 Å². The normalized spacial score (nSPS) is 21.7. The van der Waals surface area contributed by atoms with Crippen molar-refractivity contribution in [3.05, 3.63) is 34.1 Å². The number of piperidine rings is 1. The van der Waals surface area contributed by atoms with Crippen LogP contribution in [-0.4, -0.2) is 24.0 Å². The molecule has 1 aliphatic heterocycles. The molecule has 1 aromatic rings. The van der Waals surface area contributed by atoms with Crippen LogP contribution >= 0.6 is 15.9 Å². The Morgan fingerprint density at radius 2 is 2.18 bits per heavy atom. The zero-order valence-electron chi connectivity index (χ0n) is 9.83. The summed E-state index contributed by atoms with van der Waals surface area (Å²) >= 11 is 3.33. The number of likely N-dealkylation sites (tertiary alicyclic amines) is 1. The molecule has 1 unspecified atom stereocenters. The molecular formula is C13H18BrFN2. The number of nitrogens with zero attached hydrogens (tertiary/aromatic N) is 1. The minimum absolute atomic E-state index is 0.185. The highest BCUT2D eigenvalue weighted by Crippen LogP contribution is 2.21. The molecule has 1 atom stereocenters. The van der Waals surface area contributed by atoms with Gasteiger partial charge in [-0.2, -0.15) is 0 Å². The smallest absolute Gasteiger partial charge is 0.124 e. The van der Waals surface area contributed by atoms with E-state index in [9.17, 15) is 4.39 Å². The largest absolute Gasteiger partial charge is 0.329 e. The second kappa shape index (κ2) is 5.94. The van der Waals surface area contributed by atoms with E-state index in [1.165, 1.54) is 18.9 Å². The molecule has 0 saturated carbocycles. The number of benzene rings is 1. The average Bonchev–Trinajstić information content (AvgIpc) is 2.28. The summed E-state index contributed by atoms with van der Waals surface area (Å²) in [4.78, 5) is 2.37. The van der Waals surface area contributed by atoms with E-state index in [1.54, 1.807) is 6.07 Å². The van der Waals surface area contributed by atoms with Crippen molar-refractivity contribution in [2.45, 2.75) is 31.8 Å². The number of nitrogens with two attached hydrogens (primary N) is 1. The lowest BCUT2D eigenvalue weighted by atomic mass is 10.0. The first-order valence-corrected chi connectivity index (χ1v) is 6.87. The van der Waals surface area contributed by atoms with E-state index < -0.39 is 0 Å².